The number of fused-ring (bicyclic) bond motifs is 1. The van der Waals surface area contributed by atoms with Crippen LogP contribution in [-0.4, -0.2) is 57.6 Å². The average molecular weight is 300 g/mol. The number of carbonyl (C=O) groups is 1. The second kappa shape index (κ2) is 6.20. The van der Waals surface area contributed by atoms with Gasteiger partial charge in [0.25, 0.3) is 0 Å². The van der Waals surface area contributed by atoms with Crippen molar-refractivity contribution in [2.45, 2.75) is 44.4 Å². The minimum absolute atomic E-state index is 0.0826. The van der Waals surface area contributed by atoms with E-state index in [1.165, 1.54) is 0 Å². The average Bonchev–Trinajstić information content (AvgIpc) is 2.50. The van der Waals surface area contributed by atoms with Gasteiger partial charge >= 0.3 is 0 Å². The number of carbonyl (C=O) groups excluding carboxylic acids is 1. The predicted octanol–water partition coefficient (Wildman–Crippen LogP) is 0.297. The Bertz CT molecular complexity index is 388. The summed E-state index contributed by atoms with van der Waals surface area (Å²) in [6, 6.07) is 0. The fraction of sp³-hybridized carbons (Fsp3) is 0.933. The Morgan fingerprint density at radius 3 is 2.81 bits per heavy atom. The molecule has 2 rings (SSSR count). The minimum Gasteiger partial charge on any atom is -0.382 e. The molecule has 0 aromatic heterocycles. The summed E-state index contributed by atoms with van der Waals surface area (Å²) in [4.78, 5) is 12.7. The quantitative estimate of drug-likeness (QED) is 0.737. The highest BCUT2D eigenvalue weighted by Gasteiger charge is 2.70. The molecular formula is C15H28N2O4. The Balaban J connectivity index is 2.00. The number of hydrogen-bond acceptors (Lipinski definition) is 5. The van der Waals surface area contributed by atoms with Gasteiger partial charge in [0, 0.05) is 38.7 Å². The highest BCUT2D eigenvalue weighted by atomic mass is 16.5. The van der Waals surface area contributed by atoms with Gasteiger partial charge in [-0.25, -0.2) is 0 Å². The van der Waals surface area contributed by atoms with Crippen molar-refractivity contribution >= 4 is 5.91 Å². The molecule has 0 spiro atoms. The molecule has 6 nitrogen and oxygen atoms in total. The van der Waals surface area contributed by atoms with E-state index < -0.39 is 5.54 Å². The van der Waals surface area contributed by atoms with Crippen molar-refractivity contribution in [1.82, 2.24) is 5.32 Å². The van der Waals surface area contributed by atoms with E-state index in [1.807, 2.05) is 13.8 Å². The van der Waals surface area contributed by atoms with Crippen LogP contribution in [-0.2, 0) is 19.0 Å². The Morgan fingerprint density at radius 1 is 1.48 bits per heavy atom. The standard InChI is InChI=1S/C15H28N2O4/c1-14(2)12-11(6-5-7-21-12)15(14,16)13(18)17-8-10(20-4)9-19-3/h10-12H,5-9,16H2,1-4H3,(H,17,18). The third-order valence-corrected chi connectivity index (χ3v) is 5.24. The zero-order valence-corrected chi connectivity index (χ0v) is 13.5. The molecule has 1 aliphatic carbocycles. The van der Waals surface area contributed by atoms with Crippen LogP contribution in [0.3, 0.4) is 0 Å². The summed E-state index contributed by atoms with van der Waals surface area (Å²) in [5, 5.41) is 2.93. The minimum atomic E-state index is -0.872. The van der Waals surface area contributed by atoms with E-state index in [0.717, 1.165) is 19.4 Å². The van der Waals surface area contributed by atoms with Crippen molar-refractivity contribution in [2.75, 3.05) is 34.0 Å². The molecule has 0 bridgehead atoms. The Labute approximate surface area is 126 Å². The molecule has 0 aromatic carbocycles. The van der Waals surface area contributed by atoms with Crippen molar-refractivity contribution in [3.63, 3.8) is 0 Å². The lowest BCUT2D eigenvalue weighted by molar-refractivity contribution is -0.225. The van der Waals surface area contributed by atoms with E-state index >= 15 is 0 Å². The van der Waals surface area contributed by atoms with E-state index in [2.05, 4.69) is 5.32 Å². The molecule has 4 atom stereocenters. The molecule has 3 N–H and O–H groups in total. The topological polar surface area (TPSA) is 82.8 Å². The van der Waals surface area contributed by atoms with Crippen LogP contribution in [0.5, 0.6) is 0 Å². The van der Waals surface area contributed by atoms with Gasteiger partial charge in [0.2, 0.25) is 5.91 Å². The lowest BCUT2D eigenvalue weighted by Crippen LogP contribution is -2.82. The second-order valence-corrected chi connectivity index (χ2v) is 6.65. The molecule has 0 radical (unpaired) electrons. The van der Waals surface area contributed by atoms with Crippen LogP contribution < -0.4 is 11.1 Å². The summed E-state index contributed by atoms with van der Waals surface area (Å²) in [5.41, 5.74) is 5.29. The molecule has 1 aliphatic heterocycles. The molecular weight excluding hydrogens is 272 g/mol. The third kappa shape index (κ3) is 2.59. The molecule has 122 valence electrons. The highest BCUT2D eigenvalue weighted by molar-refractivity contribution is 5.89. The molecule has 6 heteroatoms. The predicted molar refractivity (Wildman–Crippen MR) is 78.8 cm³/mol. The Morgan fingerprint density at radius 2 is 2.19 bits per heavy atom. The van der Waals surface area contributed by atoms with Gasteiger partial charge in [-0.3, -0.25) is 4.79 Å². The van der Waals surface area contributed by atoms with Crippen LogP contribution in [0.1, 0.15) is 26.7 Å². The summed E-state index contributed by atoms with van der Waals surface area (Å²) in [5.74, 6) is -0.0120. The number of ether oxygens (including phenoxy) is 3. The first-order valence-electron chi connectivity index (χ1n) is 7.60. The summed E-state index contributed by atoms with van der Waals surface area (Å²) in [6.45, 7) is 5.63. The van der Waals surface area contributed by atoms with Crippen LogP contribution in [0.25, 0.3) is 0 Å². The molecule has 2 aliphatic rings. The second-order valence-electron chi connectivity index (χ2n) is 6.65. The summed E-state index contributed by atoms with van der Waals surface area (Å²) < 4.78 is 16.1. The fourth-order valence-electron chi connectivity index (χ4n) is 3.79. The number of rotatable bonds is 6. The summed E-state index contributed by atoms with van der Waals surface area (Å²) in [6.07, 6.45) is 1.83. The first-order valence-corrected chi connectivity index (χ1v) is 7.60. The molecule has 1 heterocycles. The van der Waals surface area contributed by atoms with Gasteiger partial charge in [0.1, 0.15) is 5.54 Å². The molecule has 0 aromatic rings. The van der Waals surface area contributed by atoms with E-state index in [-0.39, 0.29) is 29.4 Å². The molecule has 1 saturated carbocycles. The van der Waals surface area contributed by atoms with Gasteiger partial charge in [-0.15, -0.1) is 0 Å². The molecule has 1 saturated heterocycles. The number of amides is 1. The van der Waals surface area contributed by atoms with Gasteiger partial charge in [0.15, 0.2) is 0 Å². The third-order valence-electron chi connectivity index (χ3n) is 5.24. The lowest BCUT2D eigenvalue weighted by Gasteiger charge is -2.65. The monoisotopic (exact) mass is 300 g/mol. The van der Waals surface area contributed by atoms with E-state index in [4.69, 9.17) is 19.9 Å². The van der Waals surface area contributed by atoms with Crippen molar-refractivity contribution in [3.8, 4) is 0 Å². The van der Waals surface area contributed by atoms with E-state index in [0.29, 0.717) is 13.2 Å². The maximum absolute atomic E-state index is 12.7. The number of nitrogens with two attached hydrogens (primary N) is 1. The SMILES string of the molecule is COCC(CNC(=O)C1(N)C2CCCOC2C1(C)C)OC. The smallest absolute Gasteiger partial charge is 0.241 e. The van der Waals surface area contributed by atoms with Crippen molar-refractivity contribution < 1.29 is 19.0 Å². The summed E-state index contributed by atoms with van der Waals surface area (Å²) >= 11 is 0. The summed E-state index contributed by atoms with van der Waals surface area (Å²) in [7, 11) is 3.21. The number of methoxy groups -OCH3 is 2. The van der Waals surface area contributed by atoms with Crippen LogP contribution in [0.4, 0.5) is 0 Å². The molecule has 21 heavy (non-hydrogen) atoms. The molecule has 4 unspecified atom stereocenters. The van der Waals surface area contributed by atoms with Gasteiger partial charge in [-0.05, 0) is 12.8 Å². The largest absolute Gasteiger partial charge is 0.382 e. The number of hydrogen-bond donors (Lipinski definition) is 2. The van der Waals surface area contributed by atoms with E-state index in [1.54, 1.807) is 14.2 Å². The first kappa shape index (κ1) is 16.7. The van der Waals surface area contributed by atoms with Crippen LogP contribution >= 0.6 is 0 Å². The van der Waals surface area contributed by atoms with Gasteiger partial charge in [-0.2, -0.15) is 0 Å². The van der Waals surface area contributed by atoms with Gasteiger partial charge in [-0.1, -0.05) is 13.8 Å². The molecule has 1 amide bonds. The normalized spacial score (nSPS) is 35.5. The maximum Gasteiger partial charge on any atom is 0.241 e. The van der Waals surface area contributed by atoms with Gasteiger partial charge in [0.05, 0.1) is 18.8 Å². The van der Waals surface area contributed by atoms with E-state index in [9.17, 15) is 4.79 Å². The van der Waals surface area contributed by atoms with Crippen LogP contribution in [0.2, 0.25) is 0 Å². The van der Waals surface area contributed by atoms with Gasteiger partial charge < -0.3 is 25.3 Å². The van der Waals surface area contributed by atoms with Crippen molar-refractivity contribution in [3.05, 3.63) is 0 Å². The zero-order valence-electron chi connectivity index (χ0n) is 13.5. The Hall–Kier alpha value is -0.690. The molecule has 2 fully saturated rings. The van der Waals surface area contributed by atoms with Crippen LogP contribution in [0, 0.1) is 11.3 Å². The Kier molecular flexibility index (Phi) is 4.92. The number of nitrogens with one attached hydrogen (secondary N) is 1. The first-order chi connectivity index (χ1) is 9.89. The lowest BCUT2D eigenvalue weighted by atomic mass is 9.46. The zero-order chi connectivity index (χ0) is 15.7. The fourth-order valence-corrected chi connectivity index (χ4v) is 3.79. The highest BCUT2D eigenvalue weighted by Crippen LogP contribution is 2.57. The van der Waals surface area contributed by atoms with Crippen molar-refractivity contribution in [1.29, 1.82) is 0 Å². The van der Waals surface area contributed by atoms with Crippen molar-refractivity contribution in [2.24, 2.45) is 17.1 Å². The maximum atomic E-state index is 12.7. The van der Waals surface area contributed by atoms with Crippen LogP contribution in [0.15, 0.2) is 0 Å².